The first-order chi connectivity index (χ1) is 6.27. The van der Waals surface area contributed by atoms with Crippen LogP contribution in [0.25, 0.3) is 0 Å². The lowest BCUT2D eigenvalue weighted by atomic mass is 10.4. The molecule has 0 fully saturated rings. The van der Waals surface area contributed by atoms with Gasteiger partial charge in [-0.2, -0.15) is 0 Å². The number of aliphatic hydroxyl groups is 1. The van der Waals surface area contributed by atoms with E-state index in [1.807, 2.05) is 0 Å². The molecular weight excluding hydrogens is 176 g/mol. The van der Waals surface area contributed by atoms with E-state index >= 15 is 0 Å². The lowest BCUT2D eigenvalue weighted by molar-refractivity contribution is 0.0484. The Bertz CT molecular complexity index is 317. The summed E-state index contributed by atoms with van der Waals surface area (Å²) in [4.78, 5) is 11.2. The van der Waals surface area contributed by atoms with Gasteiger partial charge < -0.3 is 19.0 Å². The van der Waals surface area contributed by atoms with Crippen LogP contribution in [0, 0.1) is 0 Å². The largest absolute Gasteiger partial charge is 0.463 e. The lowest BCUT2D eigenvalue weighted by Gasteiger charge is -2.02. The molecule has 0 amide bonds. The van der Waals surface area contributed by atoms with Crippen LogP contribution < -0.4 is 10.2 Å². The van der Waals surface area contributed by atoms with E-state index in [9.17, 15) is 4.79 Å². The fraction of sp³-hybridized carbons (Fsp3) is 0.375. The average Bonchev–Trinajstić information content (AvgIpc) is 2.16. The number of hydrogen-bond acceptors (Lipinski definition) is 5. The molecule has 72 valence electrons. The SMILES string of the molecule is COCOc1coc(CO)cc1=O. The number of methoxy groups -OCH3 is 1. The molecule has 0 bridgehead atoms. The van der Waals surface area contributed by atoms with Crippen LogP contribution in [-0.2, 0) is 11.3 Å². The highest BCUT2D eigenvalue weighted by Gasteiger charge is 2.02. The maximum atomic E-state index is 11.2. The van der Waals surface area contributed by atoms with Gasteiger partial charge in [-0.05, 0) is 0 Å². The Labute approximate surface area is 74.5 Å². The van der Waals surface area contributed by atoms with E-state index in [0.29, 0.717) is 0 Å². The van der Waals surface area contributed by atoms with Gasteiger partial charge in [0, 0.05) is 13.2 Å². The topological polar surface area (TPSA) is 68.9 Å². The minimum atomic E-state index is -0.340. The van der Waals surface area contributed by atoms with Crippen LogP contribution in [-0.4, -0.2) is 19.0 Å². The second-order valence-electron chi connectivity index (χ2n) is 2.28. The van der Waals surface area contributed by atoms with Crippen molar-refractivity contribution in [2.24, 2.45) is 0 Å². The van der Waals surface area contributed by atoms with E-state index in [-0.39, 0.29) is 30.3 Å². The van der Waals surface area contributed by atoms with E-state index in [4.69, 9.17) is 14.3 Å². The normalized spacial score (nSPS) is 10.0. The Morgan fingerprint density at radius 1 is 1.62 bits per heavy atom. The molecule has 0 aliphatic heterocycles. The van der Waals surface area contributed by atoms with E-state index in [1.165, 1.54) is 13.2 Å². The first-order valence-electron chi connectivity index (χ1n) is 3.62. The molecule has 1 aromatic heterocycles. The minimum absolute atomic E-state index is 0.0107. The van der Waals surface area contributed by atoms with Crippen molar-refractivity contribution in [3.05, 3.63) is 28.3 Å². The van der Waals surface area contributed by atoms with Crippen LogP contribution in [0.4, 0.5) is 0 Å². The Kier molecular flexibility index (Phi) is 3.48. The molecule has 0 unspecified atom stereocenters. The number of rotatable bonds is 4. The summed E-state index contributed by atoms with van der Waals surface area (Å²) >= 11 is 0. The predicted octanol–water partition coefficient (Wildman–Crippen LogP) is 0.115. The lowest BCUT2D eigenvalue weighted by Crippen LogP contribution is -2.09. The minimum Gasteiger partial charge on any atom is -0.463 e. The summed E-state index contributed by atoms with van der Waals surface area (Å²) < 4.78 is 14.3. The second-order valence-corrected chi connectivity index (χ2v) is 2.28. The van der Waals surface area contributed by atoms with Gasteiger partial charge in [-0.3, -0.25) is 4.79 Å². The highest BCUT2D eigenvalue weighted by molar-refractivity contribution is 5.16. The molecule has 0 saturated carbocycles. The molecule has 1 N–H and O–H groups in total. The fourth-order valence-electron chi connectivity index (χ4n) is 0.749. The standard InChI is InChI=1S/C8H10O5/c1-11-5-13-8-4-12-6(3-9)2-7(8)10/h2,4,9H,3,5H2,1H3. The van der Waals surface area contributed by atoms with Crippen molar-refractivity contribution in [3.8, 4) is 5.75 Å². The molecule has 5 heteroatoms. The molecule has 0 radical (unpaired) electrons. The van der Waals surface area contributed by atoms with Crippen molar-refractivity contribution in [2.75, 3.05) is 13.9 Å². The zero-order chi connectivity index (χ0) is 9.68. The number of aliphatic hydroxyl groups excluding tert-OH is 1. The molecule has 0 aliphatic rings. The Morgan fingerprint density at radius 3 is 2.92 bits per heavy atom. The molecular formula is C8H10O5. The van der Waals surface area contributed by atoms with Crippen LogP contribution in [0.2, 0.25) is 0 Å². The number of hydrogen-bond donors (Lipinski definition) is 1. The van der Waals surface area contributed by atoms with Crippen LogP contribution >= 0.6 is 0 Å². The molecule has 0 aliphatic carbocycles. The highest BCUT2D eigenvalue weighted by atomic mass is 16.7. The van der Waals surface area contributed by atoms with Crippen molar-refractivity contribution in [3.63, 3.8) is 0 Å². The Morgan fingerprint density at radius 2 is 2.38 bits per heavy atom. The first kappa shape index (κ1) is 9.76. The summed E-state index contributed by atoms with van der Waals surface area (Å²) in [6.45, 7) is -0.316. The fourth-order valence-corrected chi connectivity index (χ4v) is 0.749. The van der Waals surface area contributed by atoms with Crippen molar-refractivity contribution in [1.29, 1.82) is 0 Å². The smallest absolute Gasteiger partial charge is 0.227 e. The van der Waals surface area contributed by atoms with Gasteiger partial charge in [-0.25, -0.2) is 0 Å². The van der Waals surface area contributed by atoms with Gasteiger partial charge >= 0.3 is 0 Å². The molecule has 1 aromatic rings. The van der Waals surface area contributed by atoms with Crippen LogP contribution in [0.3, 0.4) is 0 Å². The van der Waals surface area contributed by atoms with E-state index in [1.54, 1.807) is 0 Å². The van der Waals surface area contributed by atoms with Gasteiger partial charge in [0.1, 0.15) is 18.6 Å². The Hall–Kier alpha value is -1.33. The summed E-state index contributed by atoms with van der Waals surface area (Å²) in [6.07, 6.45) is 1.15. The third-order valence-electron chi connectivity index (χ3n) is 1.34. The second kappa shape index (κ2) is 4.64. The molecule has 13 heavy (non-hydrogen) atoms. The Balaban J connectivity index is 2.80. The number of ether oxygens (including phenoxy) is 2. The molecule has 1 rings (SSSR count). The van der Waals surface area contributed by atoms with Crippen LogP contribution in [0.5, 0.6) is 5.75 Å². The van der Waals surface area contributed by atoms with Crippen molar-refractivity contribution < 1.29 is 19.0 Å². The molecule has 0 aromatic carbocycles. The summed E-state index contributed by atoms with van der Waals surface area (Å²) in [5, 5.41) is 8.63. The molecule has 1 heterocycles. The van der Waals surface area contributed by atoms with Gasteiger partial charge in [0.2, 0.25) is 11.2 Å². The van der Waals surface area contributed by atoms with E-state index in [0.717, 1.165) is 6.26 Å². The van der Waals surface area contributed by atoms with Crippen LogP contribution in [0.15, 0.2) is 21.5 Å². The summed E-state index contributed by atoms with van der Waals surface area (Å²) in [6, 6.07) is 1.17. The van der Waals surface area contributed by atoms with E-state index < -0.39 is 0 Å². The zero-order valence-electron chi connectivity index (χ0n) is 7.15. The summed E-state index contributed by atoms with van der Waals surface area (Å²) in [5.74, 6) is 0.272. The highest BCUT2D eigenvalue weighted by Crippen LogP contribution is 2.05. The molecule has 0 atom stereocenters. The van der Waals surface area contributed by atoms with E-state index in [2.05, 4.69) is 4.74 Å². The summed E-state index contributed by atoms with van der Waals surface area (Å²) in [5.41, 5.74) is -0.340. The van der Waals surface area contributed by atoms with Crippen molar-refractivity contribution >= 4 is 0 Å². The van der Waals surface area contributed by atoms with Crippen molar-refractivity contribution in [2.45, 2.75) is 6.61 Å². The maximum Gasteiger partial charge on any atom is 0.227 e. The third kappa shape index (κ3) is 2.57. The van der Waals surface area contributed by atoms with Gasteiger partial charge in [0.25, 0.3) is 0 Å². The molecule has 0 spiro atoms. The quantitative estimate of drug-likeness (QED) is 0.676. The van der Waals surface area contributed by atoms with Crippen molar-refractivity contribution in [1.82, 2.24) is 0 Å². The first-order valence-corrected chi connectivity index (χ1v) is 3.62. The summed E-state index contributed by atoms with van der Waals surface area (Å²) in [7, 11) is 1.45. The third-order valence-corrected chi connectivity index (χ3v) is 1.34. The average molecular weight is 186 g/mol. The van der Waals surface area contributed by atoms with Gasteiger partial charge in [0.05, 0.1) is 0 Å². The predicted molar refractivity (Wildman–Crippen MR) is 43.4 cm³/mol. The van der Waals surface area contributed by atoms with Crippen LogP contribution in [0.1, 0.15) is 5.76 Å². The van der Waals surface area contributed by atoms with Gasteiger partial charge in [0.15, 0.2) is 6.79 Å². The zero-order valence-corrected chi connectivity index (χ0v) is 7.15. The maximum absolute atomic E-state index is 11.2. The monoisotopic (exact) mass is 186 g/mol. The van der Waals surface area contributed by atoms with Gasteiger partial charge in [-0.15, -0.1) is 0 Å². The molecule has 5 nitrogen and oxygen atoms in total. The molecule has 0 saturated heterocycles. The van der Waals surface area contributed by atoms with Gasteiger partial charge in [-0.1, -0.05) is 0 Å².